The molecule has 1 aliphatic rings. The van der Waals surface area contributed by atoms with Gasteiger partial charge in [0.2, 0.25) is 0 Å². The molecule has 1 N–H and O–H groups in total. The van der Waals surface area contributed by atoms with E-state index in [0.717, 1.165) is 24.3 Å². The van der Waals surface area contributed by atoms with E-state index < -0.39 is 0 Å². The van der Waals surface area contributed by atoms with Gasteiger partial charge in [-0.25, -0.2) is 4.98 Å². The fourth-order valence-electron chi connectivity index (χ4n) is 1.65. The van der Waals surface area contributed by atoms with Crippen LogP contribution in [0.1, 0.15) is 19.3 Å². The van der Waals surface area contributed by atoms with Gasteiger partial charge in [0.15, 0.2) is 0 Å². The van der Waals surface area contributed by atoms with E-state index in [1.807, 2.05) is 12.1 Å². The molecule has 0 unspecified atom stereocenters. The molecule has 0 amide bonds. The fraction of sp³-hybridized carbons (Fsp3) is 0.500. The van der Waals surface area contributed by atoms with Crippen molar-refractivity contribution in [3.05, 3.63) is 23.4 Å². The van der Waals surface area contributed by atoms with Gasteiger partial charge in [0, 0.05) is 11.4 Å². The van der Waals surface area contributed by atoms with Crippen LogP contribution in [0.5, 0.6) is 0 Å². The molecular formula is C10H12ClNOS. The van der Waals surface area contributed by atoms with Crippen molar-refractivity contribution in [1.82, 2.24) is 4.98 Å². The van der Waals surface area contributed by atoms with Crippen molar-refractivity contribution in [3.63, 3.8) is 0 Å². The summed E-state index contributed by atoms with van der Waals surface area (Å²) in [5.74, 6) is 0. The summed E-state index contributed by atoms with van der Waals surface area (Å²) < 4.78 is 0. The highest BCUT2D eigenvalue weighted by atomic mass is 35.5. The van der Waals surface area contributed by atoms with Crippen LogP contribution in [-0.2, 0) is 0 Å². The van der Waals surface area contributed by atoms with Gasteiger partial charge in [-0.2, -0.15) is 0 Å². The molecule has 14 heavy (non-hydrogen) atoms. The predicted octanol–water partition coefficient (Wildman–Crippen LogP) is 2.74. The minimum Gasteiger partial charge on any atom is -0.392 e. The van der Waals surface area contributed by atoms with Crippen LogP contribution in [0.3, 0.4) is 0 Å². The van der Waals surface area contributed by atoms with Gasteiger partial charge in [0.1, 0.15) is 5.03 Å². The summed E-state index contributed by atoms with van der Waals surface area (Å²) in [5.41, 5.74) is 0. The SMILES string of the molecule is O[C@@H]1CCC[C@H]1Sc1ncccc1Cl. The number of aliphatic hydroxyl groups excluding tert-OH is 1. The minimum atomic E-state index is -0.196. The lowest BCUT2D eigenvalue weighted by molar-refractivity contribution is 0.188. The largest absolute Gasteiger partial charge is 0.392 e. The second kappa shape index (κ2) is 4.51. The van der Waals surface area contributed by atoms with Crippen molar-refractivity contribution in [2.24, 2.45) is 0 Å². The van der Waals surface area contributed by atoms with Crippen LogP contribution in [0.15, 0.2) is 23.4 Å². The maximum Gasteiger partial charge on any atom is 0.115 e. The lowest BCUT2D eigenvalue weighted by Gasteiger charge is -2.13. The quantitative estimate of drug-likeness (QED) is 0.847. The Morgan fingerprint density at radius 2 is 2.36 bits per heavy atom. The molecule has 2 nitrogen and oxygen atoms in total. The number of halogens is 1. The van der Waals surface area contributed by atoms with Crippen molar-refractivity contribution < 1.29 is 5.11 Å². The van der Waals surface area contributed by atoms with Gasteiger partial charge in [-0.3, -0.25) is 0 Å². The first-order chi connectivity index (χ1) is 6.77. The van der Waals surface area contributed by atoms with Gasteiger partial charge in [0.05, 0.1) is 11.1 Å². The van der Waals surface area contributed by atoms with Crippen LogP contribution in [-0.4, -0.2) is 21.4 Å². The lowest BCUT2D eigenvalue weighted by atomic mass is 10.3. The fourth-order valence-corrected chi connectivity index (χ4v) is 3.07. The monoisotopic (exact) mass is 229 g/mol. The van der Waals surface area contributed by atoms with Gasteiger partial charge < -0.3 is 5.11 Å². The average Bonchev–Trinajstić information content (AvgIpc) is 2.56. The summed E-state index contributed by atoms with van der Waals surface area (Å²) in [6.07, 6.45) is 4.60. The molecule has 0 bridgehead atoms. The van der Waals surface area contributed by atoms with E-state index >= 15 is 0 Å². The topological polar surface area (TPSA) is 33.1 Å². The molecule has 4 heteroatoms. The standard InChI is InChI=1S/C10H12ClNOS/c11-7-3-2-6-12-10(7)14-9-5-1-4-8(9)13/h2-3,6,8-9,13H,1,4-5H2/t8-,9-/m1/s1. The van der Waals surface area contributed by atoms with Crippen LogP contribution in [0, 0.1) is 0 Å². The first-order valence-corrected chi connectivity index (χ1v) is 5.98. The smallest absolute Gasteiger partial charge is 0.115 e. The van der Waals surface area contributed by atoms with E-state index in [1.54, 1.807) is 18.0 Å². The molecule has 2 rings (SSSR count). The first kappa shape index (κ1) is 10.3. The molecule has 0 aliphatic heterocycles. The lowest BCUT2D eigenvalue weighted by Crippen LogP contribution is -2.15. The van der Waals surface area contributed by atoms with Crippen LogP contribution < -0.4 is 0 Å². The summed E-state index contributed by atoms with van der Waals surface area (Å²) in [5, 5.41) is 11.4. The number of nitrogens with zero attached hydrogens (tertiary/aromatic N) is 1. The van der Waals surface area contributed by atoms with Gasteiger partial charge in [0.25, 0.3) is 0 Å². The van der Waals surface area contributed by atoms with Crippen LogP contribution in [0.2, 0.25) is 5.02 Å². The molecule has 1 saturated carbocycles. The maximum absolute atomic E-state index is 9.65. The van der Waals surface area contributed by atoms with Gasteiger partial charge in [-0.1, -0.05) is 23.4 Å². The minimum absolute atomic E-state index is 0.196. The average molecular weight is 230 g/mol. The zero-order valence-corrected chi connectivity index (χ0v) is 9.26. The number of hydrogen-bond acceptors (Lipinski definition) is 3. The van der Waals surface area contributed by atoms with Gasteiger partial charge in [-0.15, -0.1) is 0 Å². The van der Waals surface area contributed by atoms with Gasteiger partial charge >= 0.3 is 0 Å². The second-order valence-electron chi connectivity index (χ2n) is 3.44. The van der Waals surface area contributed by atoms with E-state index in [9.17, 15) is 5.11 Å². The van der Waals surface area contributed by atoms with Crippen molar-refractivity contribution in [3.8, 4) is 0 Å². The highest BCUT2D eigenvalue weighted by Gasteiger charge is 2.26. The molecule has 1 aliphatic carbocycles. The molecule has 0 spiro atoms. The van der Waals surface area contributed by atoms with E-state index in [-0.39, 0.29) is 11.4 Å². The Hall–Kier alpha value is -0.250. The Bertz CT molecular complexity index is 321. The molecule has 2 atom stereocenters. The van der Waals surface area contributed by atoms with Gasteiger partial charge in [-0.05, 0) is 31.4 Å². The summed E-state index contributed by atoms with van der Waals surface area (Å²) in [6, 6.07) is 3.65. The third-order valence-electron chi connectivity index (χ3n) is 2.41. The number of aliphatic hydroxyl groups is 1. The highest BCUT2D eigenvalue weighted by molar-refractivity contribution is 8.00. The Balaban J connectivity index is 2.07. The maximum atomic E-state index is 9.65. The molecule has 1 fully saturated rings. The Morgan fingerprint density at radius 1 is 1.50 bits per heavy atom. The number of rotatable bonds is 2. The normalized spacial score (nSPS) is 26.7. The molecule has 1 heterocycles. The van der Waals surface area contributed by atoms with Crippen molar-refractivity contribution >= 4 is 23.4 Å². The third kappa shape index (κ3) is 2.22. The Morgan fingerprint density at radius 3 is 3.00 bits per heavy atom. The number of pyridine rings is 1. The molecule has 76 valence electrons. The molecule has 0 aromatic carbocycles. The molecule has 1 aromatic heterocycles. The van der Waals surface area contributed by atoms with E-state index in [1.165, 1.54) is 0 Å². The highest BCUT2D eigenvalue weighted by Crippen LogP contribution is 2.36. The van der Waals surface area contributed by atoms with Crippen LogP contribution in [0.4, 0.5) is 0 Å². The Labute approximate surface area is 92.7 Å². The summed E-state index contributed by atoms with van der Waals surface area (Å²) in [4.78, 5) is 4.20. The third-order valence-corrected chi connectivity index (χ3v) is 4.22. The predicted molar refractivity (Wildman–Crippen MR) is 58.7 cm³/mol. The van der Waals surface area contributed by atoms with Crippen molar-refractivity contribution in [2.45, 2.75) is 35.6 Å². The Kier molecular flexibility index (Phi) is 3.31. The summed E-state index contributed by atoms with van der Waals surface area (Å²) in [6.45, 7) is 0. The molecule has 0 saturated heterocycles. The number of hydrogen-bond donors (Lipinski definition) is 1. The van der Waals surface area contributed by atoms with E-state index in [0.29, 0.717) is 5.02 Å². The van der Waals surface area contributed by atoms with Crippen LogP contribution in [0.25, 0.3) is 0 Å². The van der Waals surface area contributed by atoms with Crippen molar-refractivity contribution in [1.29, 1.82) is 0 Å². The molecule has 1 aromatic rings. The van der Waals surface area contributed by atoms with E-state index in [2.05, 4.69) is 4.98 Å². The number of aromatic nitrogens is 1. The van der Waals surface area contributed by atoms with Crippen LogP contribution >= 0.6 is 23.4 Å². The molecular weight excluding hydrogens is 218 g/mol. The second-order valence-corrected chi connectivity index (χ2v) is 5.08. The summed E-state index contributed by atoms with van der Waals surface area (Å²) >= 11 is 7.58. The first-order valence-electron chi connectivity index (χ1n) is 4.72. The van der Waals surface area contributed by atoms with Crippen molar-refractivity contribution in [2.75, 3.05) is 0 Å². The molecule has 0 radical (unpaired) electrons. The zero-order chi connectivity index (χ0) is 9.97. The summed E-state index contributed by atoms with van der Waals surface area (Å²) in [7, 11) is 0. The number of thioether (sulfide) groups is 1. The van der Waals surface area contributed by atoms with E-state index in [4.69, 9.17) is 11.6 Å². The zero-order valence-electron chi connectivity index (χ0n) is 7.69.